The highest BCUT2D eigenvalue weighted by atomic mass is 35.5. The molecular weight excluding hydrogens is 230 g/mol. The van der Waals surface area contributed by atoms with Gasteiger partial charge in [-0.15, -0.1) is 0 Å². The number of halogens is 1. The van der Waals surface area contributed by atoms with Crippen LogP contribution < -0.4 is 0 Å². The highest BCUT2D eigenvalue weighted by Crippen LogP contribution is 2.30. The summed E-state index contributed by atoms with van der Waals surface area (Å²) in [5.41, 5.74) is 2.99. The molecule has 2 aliphatic rings. The van der Waals surface area contributed by atoms with Crippen LogP contribution in [0.2, 0.25) is 5.02 Å². The van der Waals surface area contributed by atoms with Gasteiger partial charge >= 0.3 is 0 Å². The van der Waals surface area contributed by atoms with E-state index in [-0.39, 0.29) is 0 Å². The molecule has 1 nitrogen and oxygen atoms in total. The molecule has 1 aromatic carbocycles. The van der Waals surface area contributed by atoms with Gasteiger partial charge in [-0.1, -0.05) is 17.7 Å². The quantitative estimate of drug-likeness (QED) is 0.734. The zero-order valence-corrected chi connectivity index (χ0v) is 11.2. The zero-order valence-electron chi connectivity index (χ0n) is 10.5. The van der Waals surface area contributed by atoms with E-state index in [4.69, 9.17) is 11.6 Å². The van der Waals surface area contributed by atoms with Crippen LogP contribution >= 0.6 is 11.6 Å². The zero-order chi connectivity index (χ0) is 11.8. The molecule has 1 aliphatic heterocycles. The first kappa shape index (κ1) is 11.6. The first-order chi connectivity index (χ1) is 8.24. The van der Waals surface area contributed by atoms with E-state index in [2.05, 4.69) is 24.0 Å². The molecule has 0 saturated carbocycles. The van der Waals surface area contributed by atoms with Crippen molar-refractivity contribution in [3.8, 4) is 0 Å². The molecule has 1 saturated heterocycles. The number of likely N-dealkylation sites (tertiary alicyclic amines) is 1. The molecule has 0 radical (unpaired) electrons. The van der Waals surface area contributed by atoms with Crippen molar-refractivity contribution >= 4 is 11.6 Å². The third kappa shape index (κ3) is 2.23. The maximum absolute atomic E-state index is 6.10. The van der Waals surface area contributed by atoms with Gasteiger partial charge < -0.3 is 0 Å². The van der Waals surface area contributed by atoms with Gasteiger partial charge in [-0.05, 0) is 68.8 Å². The second-order valence-electron chi connectivity index (χ2n) is 5.54. The smallest absolute Gasteiger partial charge is 0.0408 e. The van der Waals surface area contributed by atoms with Crippen molar-refractivity contribution in [1.29, 1.82) is 0 Å². The minimum absolute atomic E-state index is 0.749. The van der Waals surface area contributed by atoms with E-state index in [1.807, 2.05) is 6.07 Å². The summed E-state index contributed by atoms with van der Waals surface area (Å²) in [6, 6.07) is 7.93. The molecule has 2 atom stereocenters. The number of benzene rings is 1. The Kier molecular flexibility index (Phi) is 3.14. The highest BCUT2D eigenvalue weighted by molar-refractivity contribution is 6.30. The van der Waals surface area contributed by atoms with Gasteiger partial charge in [-0.2, -0.15) is 0 Å². The minimum atomic E-state index is 0.749. The van der Waals surface area contributed by atoms with E-state index in [1.165, 1.54) is 49.8 Å². The predicted molar refractivity (Wildman–Crippen MR) is 72.7 cm³/mol. The Morgan fingerprint density at radius 1 is 1.24 bits per heavy atom. The molecule has 0 bridgehead atoms. The fourth-order valence-corrected chi connectivity index (χ4v) is 3.68. The van der Waals surface area contributed by atoms with Crippen LogP contribution in [0.1, 0.15) is 37.3 Å². The first-order valence-corrected chi connectivity index (χ1v) is 7.15. The van der Waals surface area contributed by atoms with Gasteiger partial charge in [0.25, 0.3) is 0 Å². The number of hydrogen-bond acceptors (Lipinski definition) is 1. The SMILES string of the molecule is C[C@@H]1CCCN1C1CCc2ccc(Cl)cc2C1. The van der Waals surface area contributed by atoms with Crippen LogP contribution in [0, 0.1) is 0 Å². The maximum Gasteiger partial charge on any atom is 0.0408 e. The predicted octanol–water partition coefficient (Wildman–Crippen LogP) is 3.68. The van der Waals surface area contributed by atoms with Gasteiger partial charge in [0, 0.05) is 17.1 Å². The Hall–Kier alpha value is -0.530. The van der Waals surface area contributed by atoms with Gasteiger partial charge in [-0.3, -0.25) is 4.90 Å². The topological polar surface area (TPSA) is 3.24 Å². The largest absolute Gasteiger partial charge is 0.297 e. The van der Waals surface area contributed by atoms with E-state index >= 15 is 0 Å². The Morgan fingerprint density at radius 3 is 2.88 bits per heavy atom. The summed E-state index contributed by atoms with van der Waals surface area (Å²) >= 11 is 6.10. The van der Waals surface area contributed by atoms with Crippen molar-refractivity contribution in [3.05, 3.63) is 34.3 Å². The summed E-state index contributed by atoms with van der Waals surface area (Å²) in [5.74, 6) is 0. The molecule has 0 aromatic heterocycles. The number of aryl methyl sites for hydroxylation is 1. The van der Waals surface area contributed by atoms with E-state index in [0.717, 1.165) is 17.1 Å². The van der Waals surface area contributed by atoms with Gasteiger partial charge in [0.15, 0.2) is 0 Å². The molecule has 1 unspecified atom stereocenters. The molecule has 3 rings (SSSR count). The normalized spacial score (nSPS) is 29.3. The maximum atomic E-state index is 6.10. The average molecular weight is 250 g/mol. The molecule has 1 fully saturated rings. The lowest BCUT2D eigenvalue weighted by molar-refractivity contribution is 0.174. The molecule has 0 N–H and O–H groups in total. The molecule has 17 heavy (non-hydrogen) atoms. The summed E-state index contributed by atoms with van der Waals surface area (Å²) in [7, 11) is 0. The number of nitrogens with zero attached hydrogens (tertiary/aromatic N) is 1. The van der Waals surface area contributed by atoms with Gasteiger partial charge in [-0.25, -0.2) is 0 Å². The van der Waals surface area contributed by atoms with Crippen LogP contribution in [0.4, 0.5) is 0 Å². The van der Waals surface area contributed by atoms with Gasteiger partial charge in [0.1, 0.15) is 0 Å². The first-order valence-electron chi connectivity index (χ1n) is 6.77. The van der Waals surface area contributed by atoms with Crippen molar-refractivity contribution < 1.29 is 0 Å². The van der Waals surface area contributed by atoms with Gasteiger partial charge in [0.05, 0.1) is 0 Å². The highest BCUT2D eigenvalue weighted by Gasteiger charge is 2.30. The van der Waals surface area contributed by atoms with E-state index in [9.17, 15) is 0 Å². The van der Waals surface area contributed by atoms with E-state index < -0.39 is 0 Å². The Balaban J connectivity index is 1.80. The fraction of sp³-hybridized carbons (Fsp3) is 0.600. The van der Waals surface area contributed by atoms with Crippen LogP contribution in [0.25, 0.3) is 0 Å². The van der Waals surface area contributed by atoms with Crippen LogP contribution in [0.5, 0.6) is 0 Å². The van der Waals surface area contributed by atoms with E-state index in [1.54, 1.807) is 0 Å². The third-order valence-electron chi connectivity index (χ3n) is 4.44. The summed E-state index contributed by atoms with van der Waals surface area (Å²) in [4.78, 5) is 2.71. The monoisotopic (exact) mass is 249 g/mol. The van der Waals surface area contributed by atoms with Crippen LogP contribution in [-0.2, 0) is 12.8 Å². The molecular formula is C15H20ClN. The van der Waals surface area contributed by atoms with Crippen molar-refractivity contribution in [2.24, 2.45) is 0 Å². The lowest BCUT2D eigenvalue weighted by Gasteiger charge is -2.35. The van der Waals surface area contributed by atoms with E-state index in [0.29, 0.717) is 0 Å². The van der Waals surface area contributed by atoms with Crippen molar-refractivity contribution in [2.45, 2.75) is 51.1 Å². The minimum Gasteiger partial charge on any atom is -0.297 e. The third-order valence-corrected chi connectivity index (χ3v) is 4.68. The second kappa shape index (κ2) is 4.62. The summed E-state index contributed by atoms with van der Waals surface area (Å²) in [6.07, 6.45) is 6.48. The summed E-state index contributed by atoms with van der Waals surface area (Å²) < 4.78 is 0. The average Bonchev–Trinajstić information content (AvgIpc) is 2.74. The molecule has 1 aromatic rings. The fourth-order valence-electron chi connectivity index (χ4n) is 3.49. The standard InChI is InChI=1S/C15H20ClN/c1-11-3-2-8-17(11)15-7-5-12-4-6-14(16)9-13(12)10-15/h4,6,9,11,15H,2-3,5,7-8,10H2,1H3/t11-,15?/m1/s1. The summed E-state index contributed by atoms with van der Waals surface area (Å²) in [5, 5.41) is 0.888. The molecule has 0 amide bonds. The van der Waals surface area contributed by atoms with Gasteiger partial charge in [0.2, 0.25) is 0 Å². The summed E-state index contributed by atoms with van der Waals surface area (Å²) in [6.45, 7) is 3.67. The second-order valence-corrected chi connectivity index (χ2v) is 5.98. The number of rotatable bonds is 1. The van der Waals surface area contributed by atoms with Crippen molar-refractivity contribution in [3.63, 3.8) is 0 Å². The molecule has 1 heterocycles. The molecule has 92 valence electrons. The lowest BCUT2D eigenvalue weighted by atomic mass is 9.87. The lowest BCUT2D eigenvalue weighted by Crippen LogP contribution is -2.41. The Labute approximate surface area is 109 Å². The van der Waals surface area contributed by atoms with Crippen molar-refractivity contribution in [1.82, 2.24) is 4.90 Å². The Bertz CT molecular complexity index is 415. The number of hydrogen-bond donors (Lipinski definition) is 0. The Morgan fingerprint density at radius 2 is 2.12 bits per heavy atom. The van der Waals surface area contributed by atoms with Crippen molar-refractivity contribution in [2.75, 3.05) is 6.54 Å². The van der Waals surface area contributed by atoms with Crippen LogP contribution in [0.15, 0.2) is 18.2 Å². The molecule has 1 aliphatic carbocycles. The number of fused-ring (bicyclic) bond motifs is 1. The van der Waals surface area contributed by atoms with Crippen LogP contribution in [-0.4, -0.2) is 23.5 Å². The molecule has 0 spiro atoms. The molecule has 2 heteroatoms. The van der Waals surface area contributed by atoms with Crippen LogP contribution in [0.3, 0.4) is 0 Å².